The SMILES string of the molecule is Cc1ccc(C(C)C)c(OC(=O)Cn2c(C(F)(F)F)nc3ccccc32)c1. The summed E-state index contributed by atoms with van der Waals surface area (Å²) in [5.74, 6) is -1.42. The maximum absolute atomic E-state index is 13.4. The fourth-order valence-electron chi connectivity index (χ4n) is 2.94. The van der Waals surface area contributed by atoms with Gasteiger partial charge in [-0.1, -0.05) is 38.1 Å². The number of benzene rings is 2. The van der Waals surface area contributed by atoms with Crippen LogP contribution < -0.4 is 4.74 Å². The van der Waals surface area contributed by atoms with Gasteiger partial charge in [0.2, 0.25) is 5.82 Å². The summed E-state index contributed by atoms with van der Waals surface area (Å²) in [6, 6.07) is 11.6. The van der Waals surface area contributed by atoms with Gasteiger partial charge in [0.05, 0.1) is 11.0 Å². The second kappa shape index (κ2) is 7.06. The highest BCUT2D eigenvalue weighted by Crippen LogP contribution is 2.32. The molecular formula is C20H19F3N2O2. The van der Waals surface area contributed by atoms with E-state index in [1.54, 1.807) is 18.2 Å². The van der Waals surface area contributed by atoms with Crippen molar-refractivity contribution in [1.29, 1.82) is 0 Å². The molecule has 0 bridgehead atoms. The van der Waals surface area contributed by atoms with Crippen LogP contribution in [0.2, 0.25) is 0 Å². The fourth-order valence-corrected chi connectivity index (χ4v) is 2.94. The summed E-state index contributed by atoms with van der Waals surface area (Å²) >= 11 is 0. The molecule has 0 N–H and O–H groups in total. The zero-order valence-corrected chi connectivity index (χ0v) is 15.2. The highest BCUT2D eigenvalue weighted by Gasteiger charge is 2.38. The Morgan fingerprint density at radius 2 is 1.89 bits per heavy atom. The van der Waals surface area contributed by atoms with Gasteiger partial charge in [0.15, 0.2) is 0 Å². The van der Waals surface area contributed by atoms with Crippen LogP contribution in [0.5, 0.6) is 5.75 Å². The van der Waals surface area contributed by atoms with Gasteiger partial charge < -0.3 is 9.30 Å². The fraction of sp³-hybridized carbons (Fsp3) is 0.300. The molecule has 0 spiro atoms. The van der Waals surface area contributed by atoms with Gasteiger partial charge in [0.25, 0.3) is 0 Å². The smallest absolute Gasteiger partial charge is 0.425 e. The lowest BCUT2D eigenvalue weighted by Gasteiger charge is -2.15. The first-order valence-electron chi connectivity index (χ1n) is 8.50. The van der Waals surface area contributed by atoms with Crippen molar-refractivity contribution in [3.63, 3.8) is 0 Å². The lowest BCUT2D eigenvalue weighted by Crippen LogP contribution is -2.22. The standard InChI is InChI=1S/C20H19F3N2O2/c1-12(2)14-9-8-13(3)10-17(14)27-18(26)11-25-16-7-5-4-6-15(16)24-19(25)20(21,22)23/h4-10,12H,11H2,1-3H3. The predicted molar refractivity (Wildman–Crippen MR) is 95.6 cm³/mol. The van der Waals surface area contributed by atoms with Crippen molar-refractivity contribution in [2.24, 2.45) is 0 Å². The molecule has 0 aliphatic heterocycles. The van der Waals surface area contributed by atoms with E-state index in [1.807, 2.05) is 32.9 Å². The molecule has 0 atom stereocenters. The lowest BCUT2D eigenvalue weighted by molar-refractivity contribution is -0.148. The number of imidazole rings is 1. The number of nitrogens with zero attached hydrogens (tertiary/aromatic N) is 2. The van der Waals surface area contributed by atoms with Crippen LogP contribution in [0.15, 0.2) is 42.5 Å². The third-order valence-electron chi connectivity index (χ3n) is 4.21. The molecule has 0 radical (unpaired) electrons. The first-order chi connectivity index (χ1) is 12.7. The van der Waals surface area contributed by atoms with Gasteiger partial charge in [-0.3, -0.25) is 0 Å². The topological polar surface area (TPSA) is 44.1 Å². The first-order valence-corrected chi connectivity index (χ1v) is 8.50. The maximum Gasteiger partial charge on any atom is 0.449 e. The number of hydrogen-bond acceptors (Lipinski definition) is 3. The number of ether oxygens (including phenoxy) is 1. The molecule has 0 aliphatic carbocycles. The number of para-hydroxylation sites is 2. The van der Waals surface area contributed by atoms with E-state index in [9.17, 15) is 18.0 Å². The molecule has 0 aliphatic rings. The van der Waals surface area contributed by atoms with Gasteiger partial charge in [0, 0.05) is 0 Å². The number of carbonyl (C=O) groups is 1. The van der Waals surface area contributed by atoms with E-state index in [4.69, 9.17) is 4.74 Å². The van der Waals surface area contributed by atoms with Crippen LogP contribution in [0.1, 0.15) is 36.7 Å². The van der Waals surface area contributed by atoms with Gasteiger partial charge in [-0.25, -0.2) is 9.78 Å². The summed E-state index contributed by atoms with van der Waals surface area (Å²) in [5, 5.41) is 0. The lowest BCUT2D eigenvalue weighted by atomic mass is 10.0. The molecule has 3 rings (SSSR count). The van der Waals surface area contributed by atoms with Crippen molar-refractivity contribution in [2.75, 3.05) is 0 Å². The Kier molecular flexibility index (Phi) is 4.95. The largest absolute Gasteiger partial charge is 0.449 e. The molecule has 0 amide bonds. The van der Waals surface area contributed by atoms with Gasteiger partial charge in [-0.2, -0.15) is 13.2 Å². The number of alkyl halides is 3. The Morgan fingerprint density at radius 3 is 2.56 bits per heavy atom. The second-order valence-electron chi connectivity index (χ2n) is 6.68. The summed E-state index contributed by atoms with van der Waals surface area (Å²) in [6.45, 7) is 5.17. The Hall–Kier alpha value is -2.83. The molecule has 1 heterocycles. The van der Waals surface area contributed by atoms with Crippen LogP contribution in [0, 0.1) is 6.92 Å². The number of aromatic nitrogens is 2. The Morgan fingerprint density at radius 1 is 1.19 bits per heavy atom. The van der Waals surface area contributed by atoms with Crippen molar-refractivity contribution in [3.05, 3.63) is 59.4 Å². The molecule has 2 aromatic carbocycles. The molecule has 1 aromatic heterocycles. The Balaban J connectivity index is 1.95. The average molecular weight is 376 g/mol. The normalized spacial score (nSPS) is 12.0. The maximum atomic E-state index is 13.4. The van der Waals surface area contributed by atoms with Crippen LogP contribution in [-0.4, -0.2) is 15.5 Å². The summed E-state index contributed by atoms with van der Waals surface area (Å²) in [6.07, 6.45) is -4.67. The molecule has 7 heteroatoms. The van der Waals surface area contributed by atoms with E-state index < -0.39 is 24.5 Å². The van der Waals surface area contributed by atoms with Crippen molar-refractivity contribution in [2.45, 2.75) is 39.4 Å². The first kappa shape index (κ1) is 18.9. The zero-order valence-electron chi connectivity index (χ0n) is 15.2. The predicted octanol–water partition coefficient (Wildman–Crippen LogP) is 5.09. The Labute approximate surface area is 154 Å². The summed E-state index contributed by atoms with van der Waals surface area (Å²) in [4.78, 5) is 16.1. The summed E-state index contributed by atoms with van der Waals surface area (Å²) < 4.78 is 46.3. The number of esters is 1. The van der Waals surface area contributed by atoms with E-state index in [1.165, 1.54) is 12.1 Å². The monoisotopic (exact) mass is 376 g/mol. The summed E-state index contributed by atoms with van der Waals surface area (Å²) in [5.41, 5.74) is 2.12. The van der Waals surface area contributed by atoms with Crippen LogP contribution in [0.25, 0.3) is 11.0 Å². The van der Waals surface area contributed by atoms with Crippen LogP contribution in [0.4, 0.5) is 13.2 Å². The van der Waals surface area contributed by atoms with Gasteiger partial charge >= 0.3 is 12.1 Å². The molecule has 0 saturated carbocycles. The highest BCUT2D eigenvalue weighted by molar-refractivity contribution is 5.80. The molecule has 4 nitrogen and oxygen atoms in total. The Bertz CT molecular complexity index is 991. The number of fused-ring (bicyclic) bond motifs is 1. The van der Waals surface area contributed by atoms with E-state index in [2.05, 4.69) is 4.98 Å². The molecule has 0 unspecified atom stereocenters. The average Bonchev–Trinajstić information content (AvgIpc) is 2.93. The second-order valence-corrected chi connectivity index (χ2v) is 6.68. The number of halogens is 3. The van der Waals surface area contributed by atoms with E-state index in [-0.39, 0.29) is 17.0 Å². The highest BCUT2D eigenvalue weighted by atomic mass is 19.4. The number of aryl methyl sites for hydroxylation is 1. The van der Waals surface area contributed by atoms with Gasteiger partial charge in [-0.05, 0) is 42.2 Å². The third-order valence-corrected chi connectivity index (χ3v) is 4.21. The quantitative estimate of drug-likeness (QED) is 0.470. The van der Waals surface area contributed by atoms with Crippen molar-refractivity contribution in [3.8, 4) is 5.75 Å². The molecule has 0 fully saturated rings. The molecule has 3 aromatic rings. The number of rotatable bonds is 4. The van der Waals surface area contributed by atoms with Crippen molar-refractivity contribution in [1.82, 2.24) is 9.55 Å². The molecular weight excluding hydrogens is 357 g/mol. The number of hydrogen-bond donors (Lipinski definition) is 0. The zero-order chi connectivity index (χ0) is 19.8. The van der Waals surface area contributed by atoms with Crippen molar-refractivity contribution < 1.29 is 22.7 Å². The van der Waals surface area contributed by atoms with Crippen molar-refractivity contribution >= 4 is 17.0 Å². The minimum absolute atomic E-state index is 0.105. The summed E-state index contributed by atoms with van der Waals surface area (Å²) in [7, 11) is 0. The minimum Gasteiger partial charge on any atom is -0.425 e. The van der Waals surface area contributed by atoms with Crippen LogP contribution in [-0.2, 0) is 17.5 Å². The van der Waals surface area contributed by atoms with Crippen LogP contribution in [0.3, 0.4) is 0 Å². The number of carbonyl (C=O) groups excluding carboxylic acids is 1. The molecule has 27 heavy (non-hydrogen) atoms. The van der Waals surface area contributed by atoms with E-state index >= 15 is 0 Å². The van der Waals surface area contributed by atoms with Gasteiger partial charge in [0.1, 0.15) is 12.3 Å². The molecule has 0 saturated heterocycles. The third kappa shape index (κ3) is 3.97. The van der Waals surface area contributed by atoms with E-state index in [0.717, 1.165) is 15.7 Å². The van der Waals surface area contributed by atoms with Crippen LogP contribution >= 0.6 is 0 Å². The minimum atomic E-state index is -4.67. The van der Waals surface area contributed by atoms with E-state index in [0.29, 0.717) is 5.75 Å². The molecule has 142 valence electrons. The van der Waals surface area contributed by atoms with Gasteiger partial charge in [-0.15, -0.1) is 0 Å².